The zero-order valence-corrected chi connectivity index (χ0v) is 12.4. The second-order valence-electron chi connectivity index (χ2n) is 5.14. The number of amides is 1. The molecule has 1 aliphatic heterocycles. The second-order valence-corrected chi connectivity index (χ2v) is 5.14. The average molecular weight is 309 g/mol. The Morgan fingerprint density at radius 3 is 2.30 bits per heavy atom. The van der Waals surface area contributed by atoms with Crippen LogP contribution in [0.2, 0.25) is 0 Å². The smallest absolute Gasteiger partial charge is 0.293 e. The molecule has 0 spiro atoms. The van der Waals surface area contributed by atoms with Gasteiger partial charge in [0.1, 0.15) is 11.5 Å². The first kappa shape index (κ1) is 14.8. The summed E-state index contributed by atoms with van der Waals surface area (Å²) in [5.41, 5.74) is 1.25. The molecule has 3 rings (SSSR count). The van der Waals surface area contributed by atoms with Gasteiger partial charge in [0.2, 0.25) is 0 Å². The molecule has 5 heteroatoms. The van der Waals surface area contributed by atoms with Crippen LogP contribution in [0.5, 0.6) is 5.75 Å². The summed E-state index contributed by atoms with van der Waals surface area (Å²) in [5.74, 6) is -0.951. The Balaban J connectivity index is 2.08. The normalized spacial score (nSPS) is 19.4. The summed E-state index contributed by atoms with van der Waals surface area (Å²) in [6.07, 6.45) is 0. The highest BCUT2D eigenvalue weighted by molar-refractivity contribution is 6.46. The van der Waals surface area contributed by atoms with E-state index >= 15 is 0 Å². The fourth-order valence-corrected chi connectivity index (χ4v) is 2.56. The summed E-state index contributed by atoms with van der Waals surface area (Å²) in [7, 11) is 1.56. The molecule has 0 bridgehead atoms. The summed E-state index contributed by atoms with van der Waals surface area (Å²) in [5, 5.41) is 13.1. The van der Waals surface area contributed by atoms with Crippen molar-refractivity contribution in [2.75, 3.05) is 7.11 Å². The molecular weight excluding hydrogens is 294 g/mol. The van der Waals surface area contributed by atoms with Crippen LogP contribution in [0.3, 0.4) is 0 Å². The van der Waals surface area contributed by atoms with Gasteiger partial charge in [0.05, 0.1) is 18.7 Å². The first-order valence-electron chi connectivity index (χ1n) is 7.09. The Hall–Kier alpha value is -3.08. The molecule has 1 aliphatic rings. The van der Waals surface area contributed by atoms with Crippen molar-refractivity contribution in [2.24, 2.45) is 0 Å². The standard InChI is InChI=1S/C18H15NO4/c1-23-13-9-7-11(8-10-13)15-14(17(21)18(22)19-15)16(20)12-5-3-2-4-6-12/h2-10,15,20H,1H3,(H,19,22)/b16-14-. The van der Waals surface area contributed by atoms with Gasteiger partial charge in [-0.15, -0.1) is 0 Å². The van der Waals surface area contributed by atoms with Crippen LogP contribution in [-0.4, -0.2) is 23.9 Å². The molecule has 0 aromatic heterocycles. The number of ether oxygens (including phenoxy) is 1. The molecule has 2 N–H and O–H groups in total. The van der Waals surface area contributed by atoms with Crippen LogP contribution >= 0.6 is 0 Å². The lowest BCUT2D eigenvalue weighted by Crippen LogP contribution is -2.21. The number of aliphatic hydroxyl groups is 1. The lowest BCUT2D eigenvalue weighted by atomic mass is 9.96. The molecule has 0 saturated carbocycles. The van der Waals surface area contributed by atoms with Gasteiger partial charge in [-0.3, -0.25) is 9.59 Å². The number of aliphatic hydroxyl groups excluding tert-OH is 1. The molecule has 0 aliphatic carbocycles. The van der Waals surface area contributed by atoms with Crippen LogP contribution in [0.15, 0.2) is 60.2 Å². The van der Waals surface area contributed by atoms with E-state index in [4.69, 9.17) is 4.74 Å². The van der Waals surface area contributed by atoms with Crippen molar-refractivity contribution < 1.29 is 19.4 Å². The van der Waals surface area contributed by atoms with Crippen LogP contribution in [0.25, 0.3) is 5.76 Å². The van der Waals surface area contributed by atoms with E-state index in [0.717, 1.165) is 0 Å². The van der Waals surface area contributed by atoms with E-state index in [0.29, 0.717) is 16.9 Å². The predicted molar refractivity (Wildman–Crippen MR) is 84.9 cm³/mol. The maximum Gasteiger partial charge on any atom is 0.293 e. The van der Waals surface area contributed by atoms with Crippen LogP contribution < -0.4 is 10.1 Å². The zero-order chi connectivity index (χ0) is 16.4. The van der Waals surface area contributed by atoms with Gasteiger partial charge in [-0.1, -0.05) is 42.5 Å². The van der Waals surface area contributed by atoms with Gasteiger partial charge < -0.3 is 15.2 Å². The van der Waals surface area contributed by atoms with E-state index in [1.165, 1.54) is 0 Å². The van der Waals surface area contributed by atoms with E-state index in [1.54, 1.807) is 55.6 Å². The molecule has 1 atom stereocenters. The van der Waals surface area contributed by atoms with Gasteiger partial charge in [-0.25, -0.2) is 0 Å². The Morgan fingerprint density at radius 1 is 1.04 bits per heavy atom. The highest BCUT2D eigenvalue weighted by Crippen LogP contribution is 2.33. The van der Waals surface area contributed by atoms with Crippen LogP contribution in [-0.2, 0) is 9.59 Å². The van der Waals surface area contributed by atoms with Gasteiger partial charge >= 0.3 is 0 Å². The van der Waals surface area contributed by atoms with Gasteiger partial charge in [0.15, 0.2) is 0 Å². The first-order chi connectivity index (χ1) is 11.1. The number of Topliss-reactive ketones (excluding diaryl/α,β-unsaturated/α-hetero) is 1. The van der Waals surface area contributed by atoms with Crippen molar-refractivity contribution in [3.63, 3.8) is 0 Å². The number of hydrogen-bond donors (Lipinski definition) is 2. The van der Waals surface area contributed by atoms with Crippen molar-refractivity contribution in [3.8, 4) is 5.75 Å². The van der Waals surface area contributed by atoms with Gasteiger partial charge in [-0.05, 0) is 17.7 Å². The third-order valence-electron chi connectivity index (χ3n) is 3.77. The molecule has 1 saturated heterocycles. The molecule has 5 nitrogen and oxygen atoms in total. The number of carbonyl (C=O) groups is 2. The minimum Gasteiger partial charge on any atom is -0.507 e. The third kappa shape index (κ3) is 2.68. The van der Waals surface area contributed by atoms with Gasteiger partial charge in [0, 0.05) is 5.56 Å². The minimum atomic E-state index is -0.719. The Bertz CT molecular complexity index is 778. The number of rotatable bonds is 3. The monoisotopic (exact) mass is 309 g/mol. The fraction of sp³-hybridized carbons (Fsp3) is 0.111. The van der Waals surface area contributed by atoms with E-state index < -0.39 is 17.7 Å². The average Bonchev–Trinajstić information content (AvgIpc) is 2.90. The van der Waals surface area contributed by atoms with Crippen molar-refractivity contribution in [3.05, 3.63) is 71.3 Å². The minimum absolute atomic E-state index is 0.0615. The number of nitrogens with one attached hydrogen (secondary N) is 1. The van der Waals surface area contributed by atoms with Crippen LogP contribution in [0, 0.1) is 0 Å². The molecule has 23 heavy (non-hydrogen) atoms. The van der Waals surface area contributed by atoms with E-state index in [9.17, 15) is 14.7 Å². The number of hydrogen-bond acceptors (Lipinski definition) is 4. The molecule has 2 aromatic rings. The number of carbonyl (C=O) groups excluding carboxylic acids is 2. The summed E-state index contributed by atoms with van der Waals surface area (Å²) >= 11 is 0. The lowest BCUT2D eigenvalue weighted by Gasteiger charge is -2.14. The second kappa shape index (κ2) is 5.96. The third-order valence-corrected chi connectivity index (χ3v) is 3.77. The number of methoxy groups -OCH3 is 1. The first-order valence-corrected chi connectivity index (χ1v) is 7.09. The Morgan fingerprint density at radius 2 is 1.70 bits per heavy atom. The maximum atomic E-state index is 12.2. The highest BCUT2D eigenvalue weighted by atomic mass is 16.5. The maximum absolute atomic E-state index is 12.2. The topological polar surface area (TPSA) is 75.6 Å². The fourth-order valence-electron chi connectivity index (χ4n) is 2.56. The summed E-state index contributed by atoms with van der Waals surface area (Å²) in [6.45, 7) is 0. The molecule has 1 fully saturated rings. The van der Waals surface area contributed by atoms with Crippen LogP contribution in [0.4, 0.5) is 0 Å². The number of ketones is 1. The van der Waals surface area contributed by atoms with E-state index in [1.807, 2.05) is 6.07 Å². The summed E-state index contributed by atoms with van der Waals surface area (Å²) in [6, 6.07) is 15.0. The van der Waals surface area contributed by atoms with Crippen molar-refractivity contribution in [1.29, 1.82) is 0 Å². The summed E-state index contributed by atoms with van der Waals surface area (Å²) in [4.78, 5) is 24.0. The van der Waals surface area contributed by atoms with Gasteiger partial charge in [0.25, 0.3) is 11.7 Å². The molecular formula is C18H15NO4. The number of benzene rings is 2. The van der Waals surface area contributed by atoms with Crippen molar-refractivity contribution in [1.82, 2.24) is 5.32 Å². The van der Waals surface area contributed by atoms with Gasteiger partial charge in [-0.2, -0.15) is 0 Å². The van der Waals surface area contributed by atoms with Crippen molar-refractivity contribution in [2.45, 2.75) is 6.04 Å². The molecule has 116 valence electrons. The zero-order valence-electron chi connectivity index (χ0n) is 12.4. The van der Waals surface area contributed by atoms with Crippen molar-refractivity contribution >= 4 is 17.4 Å². The highest BCUT2D eigenvalue weighted by Gasteiger charge is 2.39. The predicted octanol–water partition coefficient (Wildman–Crippen LogP) is 2.40. The molecule has 1 heterocycles. The molecule has 1 unspecified atom stereocenters. The lowest BCUT2D eigenvalue weighted by molar-refractivity contribution is -0.133. The van der Waals surface area contributed by atoms with Crippen LogP contribution in [0.1, 0.15) is 17.2 Å². The summed E-state index contributed by atoms with van der Waals surface area (Å²) < 4.78 is 5.10. The van der Waals surface area contributed by atoms with E-state index in [2.05, 4.69) is 5.32 Å². The Labute approximate surface area is 133 Å². The molecule has 0 radical (unpaired) electrons. The SMILES string of the molecule is COc1ccc(C2NC(=O)C(=O)/C2=C(\O)c2ccccc2)cc1. The quantitative estimate of drug-likeness (QED) is 0.518. The largest absolute Gasteiger partial charge is 0.507 e. The van der Waals surface area contributed by atoms with E-state index in [-0.39, 0.29) is 11.3 Å². The molecule has 2 aromatic carbocycles. The Kier molecular flexibility index (Phi) is 3.85. The molecule has 1 amide bonds.